The molecule has 2 aromatic rings. The van der Waals surface area contributed by atoms with E-state index in [-0.39, 0.29) is 43.5 Å². The van der Waals surface area contributed by atoms with Gasteiger partial charge in [-0.2, -0.15) is 8.42 Å². The number of carbonyl (C=O) groups excluding carboxylic acids is 2. The molecule has 2 amide bonds. The van der Waals surface area contributed by atoms with E-state index < -0.39 is 39.9 Å². The van der Waals surface area contributed by atoms with Crippen molar-refractivity contribution in [2.24, 2.45) is 0 Å². The van der Waals surface area contributed by atoms with Crippen LogP contribution in [0, 0.1) is 5.82 Å². The fraction of sp³-hybridized carbons (Fsp3) is 0.538. The SMILES string of the molecule is CCN(C(=O)OC(C)(C)C)C(CC[C@@H](COS(C)(=O)=O)OC)c1nccc(C(=O)NCc2ccc(F)cc2)n1. The maximum absolute atomic E-state index is 13.2. The predicted molar refractivity (Wildman–Crippen MR) is 142 cm³/mol. The van der Waals surface area contributed by atoms with Gasteiger partial charge in [0.1, 0.15) is 17.1 Å². The van der Waals surface area contributed by atoms with E-state index in [1.165, 1.54) is 36.4 Å². The fourth-order valence-corrected chi connectivity index (χ4v) is 3.97. The van der Waals surface area contributed by atoms with E-state index >= 15 is 0 Å². The smallest absolute Gasteiger partial charge is 0.410 e. The number of methoxy groups -OCH3 is 1. The molecule has 0 saturated heterocycles. The summed E-state index contributed by atoms with van der Waals surface area (Å²) in [6, 6.07) is 6.47. The molecule has 0 aliphatic carbocycles. The zero-order valence-electron chi connectivity index (χ0n) is 23.1. The number of ether oxygens (including phenoxy) is 2. The highest BCUT2D eigenvalue weighted by molar-refractivity contribution is 7.85. The van der Waals surface area contributed by atoms with Crippen molar-refractivity contribution in [2.45, 2.75) is 64.8 Å². The average molecular weight is 569 g/mol. The average Bonchev–Trinajstić information content (AvgIpc) is 2.86. The molecule has 0 spiro atoms. The van der Waals surface area contributed by atoms with Crippen molar-refractivity contribution in [1.82, 2.24) is 20.2 Å². The molecule has 0 saturated carbocycles. The Kier molecular flexibility index (Phi) is 11.7. The van der Waals surface area contributed by atoms with E-state index in [0.717, 1.165) is 6.26 Å². The van der Waals surface area contributed by atoms with Crippen LogP contribution in [-0.2, 0) is 30.3 Å². The van der Waals surface area contributed by atoms with Gasteiger partial charge in [-0.05, 0) is 64.3 Å². The number of rotatable bonds is 13. The Bertz CT molecular complexity index is 1200. The van der Waals surface area contributed by atoms with Crippen molar-refractivity contribution in [3.63, 3.8) is 0 Å². The first-order valence-corrected chi connectivity index (χ1v) is 14.3. The van der Waals surface area contributed by atoms with Gasteiger partial charge in [-0.25, -0.2) is 19.2 Å². The van der Waals surface area contributed by atoms with Crippen LogP contribution in [0.5, 0.6) is 0 Å². The van der Waals surface area contributed by atoms with Gasteiger partial charge in [0.2, 0.25) is 0 Å². The number of amides is 2. The molecule has 11 nitrogen and oxygen atoms in total. The minimum Gasteiger partial charge on any atom is -0.444 e. The fourth-order valence-electron chi connectivity index (χ4n) is 3.57. The summed E-state index contributed by atoms with van der Waals surface area (Å²) in [6.45, 7) is 7.24. The summed E-state index contributed by atoms with van der Waals surface area (Å²) in [5.41, 5.74) is 0.0353. The van der Waals surface area contributed by atoms with Crippen molar-refractivity contribution in [3.8, 4) is 0 Å². The Morgan fingerprint density at radius 1 is 1.13 bits per heavy atom. The van der Waals surface area contributed by atoms with Crippen LogP contribution in [-0.4, -0.2) is 73.5 Å². The van der Waals surface area contributed by atoms with Gasteiger partial charge in [0.15, 0.2) is 5.82 Å². The molecule has 1 heterocycles. The third-order valence-electron chi connectivity index (χ3n) is 5.48. The largest absolute Gasteiger partial charge is 0.444 e. The quantitative estimate of drug-likeness (QED) is 0.359. The molecule has 0 bridgehead atoms. The summed E-state index contributed by atoms with van der Waals surface area (Å²) in [6.07, 6.45) is 1.74. The Balaban J connectivity index is 2.29. The van der Waals surface area contributed by atoms with Gasteiger partial charge in [0.25, 0.3) is 16.0 Å². The van der Waals surface area contributed by atoms with Gasteiger partial charge < -0.3 is 14.8 Å². The highest BCUT2D eigenvalue weighted by Gasteiger charge is 2.31. The van der Waals surface area contributed by atoms with Crippen LogP contribution in [0.15, 0.2) is 36.5 Å². The van der Waals surface area contributed by atoms with Gasteiger partial charge in [-0.1, -0.05) is 12.1 Å². The minimum atomic E-state index is -3.67. The molecule has 0 fully saturated rings. The lowest BCUT2D eigenvalue weighted by Gasteiger charge is -2.32. The van der Waals surface area contributed by atoms with Crippen LogP contribution in [0.2, 0.25) is 0 Å². The zero-order valence-corrected chi connectivity index (χ0v) is 24.0. The number of carbonyl (C=O) groups is 2. The predicted octanol–water partition coefficient (Wildman–Crippen LogP) is 3.62. The summed E-state index contributed by atoms with van der Waals surface area (Å²) in [5, 5.41) is 2.74. The van der Waals surface area contributed by atoms with E-state index in [0.29, 0.717) is 12.0 Å². The molecule has 1 unspecified atom stereocenters. The molecule has 0 radical (unpaired) electrons. The van der Waals surface area contributed by atoms with Crippen molar-refractivity contribution >= 4 is 22.1 Å². The molecule has 13 heteroatoms. The van der Waals surface area contributed by atoms with E-state index in [1.807, 2.05) is 0 Å². The highest BCUT2D eigenvalue weighted by atomic mass is 32.2. The summed E-state index contributed by atoms with van der Waals surface area (Å²) < 4.78 is 51.9. The van der Waals surface area contributed by atoms with Crippen LogP contribution < -0.4 is 5.32 Å². The Morgan fingerprint density at radius 2 is 1.79 bits per heavy atom. The molecule has 1 aromatic heterocycles. The Morgan fingerprint density at radius 3 is 2.36 bits per heavy atom. The van der Waals surface area contributed by atoms with Crippen molar-refractivity contribution in [1.29, 1.82) is 0 Å². The summed E-state index contributed by atoms with van der Waals surface area (Å²) in [4.78, 5) is 36.1. The molecular weight excluding hydrogens is 531 g/mol. The summed E-state index contributed by atoms with van der Waals surface area (Å²) >= 11 is 0. The van der Waals surface area contributed by atoms with Crippen LogP contribution in [0.3, 0.4) is 0 Å². The van der Waals surface area contributed by atoms with E-state index in [1.54, 1.807) is 39.8 Å². The Hall–Kier alpha value is -3.16. The molecule has 216 valence electrons. The normalized spacial score (nSPS) is 13.4. The summed E-state index contributed by atoms with van der Waals surface area (Å²) in [7, 11) is -2.24. The zero-order chi connectivity index (χ0) is 29.2. The first-order chi connectivity index (χ1) is 18.2. The molecule has 0 aliphatic heterocycles. The number of benzene rings is 1. The number of halogens is 1. The van der Waals surface area contributed by atoms with Crippen molar-refractivity contribution < 1.29 is 36.1 Å². The monoisotopic (exact) mass is 568 g/mol. The molecular formula is C26H37FN4O7S. The molecule has 39 heavy (non-hydrogen) atoms. The van der Waals surface area contributed by atoms with Crippen LogP contribution in [0.25, 0.3) is 0 Å². The molecule has 2 atom stereocenters. The van der Waals surface area contributed by atoms with Gasteiger partial charge in [0.05, 0.1) is 25.0 Å². The Labute approximate surface area is 229 Å². The number of aromatic nitrogens is 2. The highest BCUT2D eigenvalue weighted by Crippen LogP contribution is 2.27. The van der Waals surface area contributed by atoms with Gasteiger partial charge in [-0.15, -0.1) is 0 Å². The van der Waals surface area contributed by atoms with E-state index in [2.05, 4.69) is 15.3 Å². The second-order valence-electron chi connectivity index (χ2n) is 9.82. The lowest BCUT2D eigenvalue weighted by atomic mass is 10.1. The van der Waals surface area contributed by atoms with Gasteiger partial charge in [-0.3, -0.25) is 13.9 Å². The topological polar surface area (TPSA) is 137 Å². The number of nitrogens with one attached hydrogen (secondary N) is 1. The van der Waals surface area contributed by atoms with Crippen molar-refractivity contribution in [3.05, 3.63) is 59.4 Å². The lowest BCUT2D eigenvalue weighted by Crippen LogP contribution is -2.40. The van der Waals surface area contributed by atoms with Crippen LogP contribution in [0.4, 0.5) is 9.18 Å². The maximum Gasteiger partial charge on any atom is 0.410 e. The van der Waals surface area contributed by atoms with E-state index in [9.17, 15) is 22.4 Å². The number of hydrogen-bond donors (Lipinski definition) is 1. The minimum absolute atomic E-state index is 0.0797. The molecule has 1 aromatic carbocycles. The number of nitrogens with zero attached hydrogens (tertiary/aromatic N) is 3. The second-order valence-corrected chi connectivity index (χ2v) is 11.5. The van der Waals surface area contributed by atoms with Crippen molar-refractivity contribution in [2.75, 3.05) is 26.5 Å². The first-order valence-electron chi connectivity index (χ1n) is 12.4. The third kappa shape index (κ3) is 11.2. The second kappa shape index (κ2) is 14.3. The first kappa shape index (κ1) is 32.1. The van der Waals surface area contributed by atoms with Crippen LogP contribution >= 0.6 is 0 Å². The standard InChI is InChI=1S/C26H37FN4O7S/c1-7-31(25(33)38-26(2,3)4)22(13-12-20(36-5)17-37-39(6,34)35)23-28-15-14-21(30-23)24(32)29-16-18-8-10-19(27)11-9-18/h8-11,14-15,20,22H,7,12-13,16-17H2,1-6H3,(H,29,32)/t20-,22?/m0/s1. The maximum atomic E-state index is 13.2. The molecule has 0 aliphatic rings. The third-order valence-corrected chi connectivity index (χ3v) is 6.04. The molecule has 1 N–H and O–H groups in total. The summed E-state index contributed by atoms with van der Waals surface area (Å²) in [5.74, 6) is -0.644. The van der Waals surface area contributed by atoms with Gasteiger partial charge >= 0.3 is 6.09 Å². The van der Waals surface area contributed by atoms with Crippen LogP contribution in [0.1, 0.15) is 68.5 Å². The van der Waals surface area contributed by atoms with E-state index in [4.69, 9.17) is 13.7 Å². The molecule has 2 rings (SSSR count). The lowest BCUT2D eigenvalue weighted by molar-refractivity contribution is 0.0101. The van der Waals surface area contributed by atoms with Gasteiger partial charge in [0, 0.05) is 26.4 Å². The number of hydrogen-bond acceptors (Lipinski definition) is 9.